The van der Waals surface area contributed by atoms with Crippen LogP contribution in [0, 0.1) is 5.82 Å². The highest BCUT2D eigenvalue weighted by molar-refractivity contribution is 7.15. The van der Waals surface area contributed by atoms with Crippen LogP contribution in [0.3, 0.4) is 0 Å². The third kappa shape index (κ3) is 4.30. The predicted octanol–water partition coefficient (Wildman–Crippen LogP) is 2.19. The fourth-order valence-corrected chi connectivity index (χ4v) is 3.62. The standard InChI is InChI=1S/C15H17F2N5OS/c1-10(23)21-14-20-7-12(24-14)8-22-3-2-15(17,9-22)4-13-18-5-11(16)6-19-13/h5-7H,2-4,8-9H2,1H3,(H,20,21,23). The van der Waals surface area contributed by atoms with Gasteiger partial charge in [0.25, 0.3) is 0 Å². The van der Waals surface area contributed by atoms with Gasteiger partial charge in [0.2, 0.25) is 5.91 Å². The van der Waals surface area contributed by atoms with E-state index in [4.69, 9.17) is 0 Å². The Balaban J connectivity index is 1.57. The lowest BCUT2D eigenvalue weighted by Crippen LogP contribution is -2.31. The highest BCUT2D eigenvalue weighted by Crippen LogP contribution is 2.30. The summed E-state index contributed by atoms with van der Waals surface area (Å²) in [6, 6.07) is 0. The molecule has 2 aromatic rings. The molecule has 3 heterocycles. The average molecular weight is 353 g/mol. The minimum atomic E-state index is -1.41. The van der Waals surface area contributed by atoms with Crippen LogP contribution in [-0.2, 0) is 17.8 Å². The summed E-state index contributed by atoms with van der Waals surface area (Å²) in [5.41, 5.74) is -1.41. The molecule has 9 heteroatoms. The number of nitrogens with zero attached hydrogens (tertiary/aromatic N) is 4. The Morgan fingerprint density at radius 3 is 2.83 bits per heavy atom. The maximum absolute atomic E-state index is 14.9. The fraction of sp³-hybridized carbons (Fsp3) is 0.467. The van der Waals surface area contributed by atoms with Gasteiger partial charge in [-0.3, -0.25) is 9.69 Å². The number of amides is 1. The first kappa shape index (κ1) is 16.8. The van der Waals surface area contributed by atoms with Crippen LogP contribution in [0.5, 0.6) is 0 Å². The molecule has 0 saturated carbocycles. The van der Waals surface area contributed by atoms with E-state index < -0.39 is 11.5 Å². The Kier molecular flexibility index (Phi) is 4.81. The number of nitrogens with one attached hydrogen (secondary N) is 1. The lowest BCUT2D eigenvalue weighted by molar-refractivity contribution is -0.114. The molecule has 3 rings (SSSR count). The first-order chi connectivity index (χ1) is 11.4. The topological polar surface area (TPSA) is 71.0 Å². The van der Waals surface area contributed by atoms with Gasteiger partial charge in [-0.25, -0.2) is 23.7 Å². The molecule has 0 aromatic carbocycles. The summed E-state index contributed by atoms with van der Waals surface area (Å²) in [5.74, 6) is -0.384. The van der Waals surface area contributed by atoms with Crippen molar-refractivity contribution < 1.29 is 13.6 Å². The second-order valence-electron chi connectivity index (χ2n) is 5.92. The van der Waals surface area contributed by atoms with Crippen LogP contribution in [0.2, 0.25) is 0 Å². The van der Waals surface area contributed by atoms with Gasteiger partial charge in [-0.05, 0) is 6.42 Å². The summed E-state index contributed by atoms with van der Waals surface area (Å²) in [4.78, 5) is 25.8. The maximum Gasteiger partial charge on any atom is 0.223 e. The minimum Gasteiger partial charge on any atom is -0.302 e. The molecule has 2 aromatic heterocycles. The van der Waals surface area contributed by atoms with Gasteiger partial charge >= 0.3 is 0 Å². The van der Waals surface area contributed by atoms with Gasteiger partial charge in [-0.15, -0.1) is 11.3 Å². The molecular weight excluding hydrogens is 336 g/mol. The maximum atomic E-state index is 14.9. The summed E-state index contributed by atoms with van der Waals surface area (Å²) >= 11 is 1.38. The van der Waals surface area contributed by atoms with Crippen molar-refractivity contribution in [3.05, 3.63) is 35.1 Å². The molecule has 1 unspecified atom stereocenters. The molecule has 1 fully saturated rings. The number of anilines is 1. The Bertz CT molecular complexity index is 723. The van der Waals surface area contributed by atoms with Gasteiger partial charge in [0.15, 0.2) is 10.9 Å². The van der Waals surface area contributed by atoms with Crippen molar-refractivity contribution in [3.8, 4) is 0 Å². The van der Waals surface area contributed by atoms with Crippen LogP contribution >= 0.6 is 11.3 Å². The van der Waals surface area contributed by atoms with Crippen molar-refractivity contribution in [2.75, 3.05) is 18.4 Å². The second-order valence-corrected chi connectivity index (χ2v) is 7.03. The first-order valence-corrected chi connectivity index (χ1v) is 8.33. The van der Waals surface area contributed by atoms with E-state index in [1.54, 1.807) is 6.20 Å². The van der Waals surface area contributed by atoms with Crippen LogP contribution in [0.4, 0.5) is 13.9 Å². The third-order valence-corrected chi connectivity index (χ3v) is 4.65. The van der Waals surface area contributed by atoms with E-state index >= 15 is 0 Å². The molecule has 0 spiro atoms. The predicted molar refractivity (Wildman–Crippen MR) is 85.8 cm³/mol. The van der Waals surface area contributed by atoms with Gasteiger partial charge in [-0.1, -0.05) is 0 Å². The van der Waals surface area contributed by atoms with Crippen LogP contribution in [0.25, 0.3) is 0 Å². The minimum absolute atomic E-state index is 0.0730. The Morgan fingerprint density at radius 2 is 2.12 bits per heavy atom. The Labute approximate surface area is 142 Å². The van der Waals surface area contributed by atoms with Crippen LogP contribution in [0.15, 0.2) is 18.6 Å². The summed E-state index contributed by atoms with van der Waals surface area (Å²) in [6.07, 6.45) is 4.25. The molecule has 0 radical (unpaired) electrons. The summed E-state index contributed by atoms with van der Waals surface area (Å²) in [7, 11) is 0. The van der Waals surface area contributed by atoms with Crippen molar-refractivity contribution in [1.82, 2.24) is 19.9 Å². The fourth-order valence-electron chi connectivity index (χ4n) is 2.72. The van der Waals surface area contributed by atoms with E-state index in [1.165, 1.54) is 18.3 Å². The zero-order valence-electron chi connectivity index (χ0n) is 13.1. The lowest BCUT2D eigenvalue weighted by Gasteiger charge is -2.19. The van der Waals surface area contributed by atoms with E-state index in [1.807, 2.05) is 4.90 Å². The molecule has 24 heavy (non-hydrogen) atoms. The zero-order valence-corrected chi connectivity index (χ0v) is 13.9. The molecule has 1 aliphatic heterocycles. The SMILES string of the molecule is CC(=O)Nc1ncc(CN2CCC(F)(Cc3ncc(F)cn3)C2)s1. The van der Waals surface area contributed by atoms with Gasteiger partial charge < -0.3 is 5.32 Å². The number of likely N-dealkylation sites (tertiary alicyclic amines) is 1. The van der Waals surface area contributed by atoms with E-state index in [2.05, 4.69) is 20.3 Å². The van der Waals surface area contributed by atoms with E-state index in [0.717, 1.165) is 17.3 Å². The van der Waals surface area contributed by atoms with Crippen LogP contribution in [0.1, 0.15) is 24.0 Å². The number of rotatable bonds is 5. The molecule has 1 N–H and O–H groups in total. The van der Waals surface area contributed by atoms with E-state index in [9.17, 15) is 13.6 Å². The van der Waals surface area contributed by atoms with Gasteiger partial charge in [-0.2, -0.15) is 0 Å². The smallest absolute Gasteiger partial charge is 0.223 e. The largest absolute Gasteiger partial charge is 0.302 e. The number of thiazole rings is 1. The van der Waals surface area contributed by atoms with Crippen molar-refractivity contribution in [2.24, 2.45) is 0 Å². The lowest BCUT2D eigenvalue weighted by atomic mass is 10.0. The molecule has 128 valence electrons. The van der Waals surface area contributed by atoms with Crippen LogP contribution in [-0.4, -0.2) is 44.5 Å². The normalized spacial score (nSPS) is 21.1. The monoisotopic (exact) mass is 353 g/mol. The first-order valence-electron chi connectivity index (χ1n) is 7.52. The van der Waals surface area contributed by atoms with Crippen molar-refractivity contribution in [2.45, 2.75) is 32.0 Å². The van der Waals surface area contributed by atoms with E-state index in [-0.39, 0.29) is 18.9 Å². The van der Waals surface area contributed by atoms with Crippen LogP contribution < -0.4 is 5.32 Å². The molecule has 6 nitrogen and oxygen atoms in total. The second kappa shape index (κ2) is 6.86. The number of alkyl halides is 1. The summed E-state index contributed by atoms with van der Waals surface area (Å²) < 4.78 is 27.8. The number of hydrogen-bond acceptors (Lipinski definition) is 6. The molecule has 1 aliphatic rings. The average Bonchev–Trinajstić information content (AvgIpc) is 3.08. The highest BCUT2D eigenvalue weighted by Gasteiger charge is 2.39. The Morgan fingerprint density at radius 1 is 1.38 bits per heavy atom. The van der Waals surface area contributed by atoms with Gasteiger partial charge in [0, 0.05) is 44.1 Å². The quantitative estimate of drug-likeness (QED) is 0.892. The Hall–Kier alpha value is -2.00. The number of carbonyl (C=O) groups excluding carboxylic acids is 1. The van der Waals surface area contributed by atoms with Crippen molar-refractivity contribution >= 4 is 22.4 Å². The molecule has 0 bridgehead atoms. The summed E-state index contributed by atoms with van der Waals surface area (Å²) in [6.45, 7) is 2.88. The zero-order chi connectivity index (χ0) is 17.2. The molecule has 1 atom stereocenters. The number of aromatic nitrogens is 3. The number of carbonyl (C=O) groups is 1. The molecular formula is C15H17F2N5OS. The van der Waals surface area contributed by atoms with Crippen molar-refractivity contribution in [3.63, 3.8) is 0 Å². The molecule has 0 aliphatic carbocycles. The number of hydrogen-bond donors (Lipinski definition) is 1. The van der Waals surface area contributed by atoms with Gasteiger partial charge in [0.1, 0.15) is 11.5 Å². The van der Waals surface area contributed by atoms with Crippen molar-refractivity contribution in [1.29, 1.82) is 0 Å². The third-order valence-electron chi connectivity index (χ3n) is 3.75. The van der Waals surface area contributed by atoms with Gasteiger partial charge in [0.05, 0.1) is 12.4 Å². The highest BCUT2D eigenvalue weighted by atomic mass is 32.1. The summed E-state index contributed by atoms with van der Waals surface area (Å²) in [5, 5.41) is 3.18. The molecule has 1 saturated heterocycles. The number of halogens is 2. The van der Waals surface area contributed by atoms with E-state index in [0.29, 0.717) is 30.5 Å². The molecule has 1 amide bonds.